The molecule has 0 aliphatic rings. The molecule has 4 aromatic carbocycles. The van der Waals surface area contributed by atoms with Crippen LogP contribution < -0.4 is 0 Å². The van der Waals surface area contributed by atoms with Gasteiger partial charge >= 0.3 is 0 Å². The quantitative estimate of drug-likeness (QED) is 0.258. The Bertz CT molecular complexity index is 1520. The molecule has 1 heterocycles. The van der Waals surface area contributed by atoms with Gasteiger partial charge in [-0.3, -0.25) is 9.36 Å². The van der Waals surface area contributed by atoms with Crippen LogP contribution in [-0.4, -0.2) is 14.7 Å². The van der Waals surface area contributed by atoms with Crippen molar-refractivity contribution in [3.8, 4) is 0 Å². The van der Waals surface area contributed by atoms with E-state index >= 15 is 0 Å². The van der Waals surface area contributed by atoms with Crippen LogP contribution in [0, 0.1) is 13.8 Å². The molecule has 1 aromatic heterocycles. The van der Waals surface area contributed by atoms with Crippen molar-refractivity contribution in [2.24, 2.45) is 0 Å². The van der Waals surface area contributed by atoms with Crippen molar-refractivity contribution in [1.29, 1.82) is 0 Å². The maximum atomic E-state index is 14.0. The molecule has 174 valence electrons. The van der Waals surface area contributed by atoms with Gasteiger partial charge in [-0.2, -0.15) is 0 Å². The number of fused-ring (bicyclic) bond motifs is 1. The monoisotopic (exact) mass is 477 g/mol. The zero-order valence-corrected chi connectivity index (χ0v) is 20.7. The summed E-state index contributed by atoms with van der Waals surface area (Å²) in [5.41, 5.74) is 5.25. The zero-order chi connectivity index (χ0) is 24.4. The largest absolute Gasteiger partial charge is 0.274 e. The number of aromatic nitrogens is 1. The van der Waals surface area contributed by atoms with Gasteiger partial charge in [0.1, 0.15) is 15.8 Å². The molecule has 0 bridgehead atoms. The van der Waals surface area contributed by atoms with Crippen LogP contribution in [0.2, 0.25) is 0 Å². The van der Waals surface area contributed by atoms with Crippen molar-refractivity contribution in [3.63, 3.8) is 0 Å². The molecule has 5 aromatic rings. The first-order valence-electron chi connectivity index (χ1n) is 11.8. The number of hydrogen-bond donors (Lipinski definition) is 0. The Hall–Kier alpha value is -3.76. The fourth-order valence-electron chi connectivity index (χ4n) is 4.64. The highest BCUT2D eigenvalue weighted by atomic mass is 32.2. The third-order valence-corrected chi connectivity index (χ3v) is 7.88. The van der Waals surface area contributed by atoms with Gasteiger partial charge in [-0.1, -0.05) is 90.5 Å². The summed E-state index contributed by atoms with van der Waals surface area (Å²) < 4.78 is 15.3. The maximum absolute atomic E-state index is 14.0. The second kappa shape index (κ2) is 9.85. The standard InChI is InChI=1S/C31H27NO2S/c1-22-16-18-26(19-17-22)35(34)31-20-25-13-7-9-15-29(25)32(31)30(33)21-28(24-11-4-3-5-12-24)27-14-8-6-10-23(27)2/h3-20,28H,21H2,1-2H3/t28-,35+/m1/s1. The molecule has 0 amide bonds. The predicted molar refractivity (Wildman–Crippen MR) is 142 cm³/mol. The molecule has 0 aliphatic carbocycles. The molecule has 35 heavy (non-hydrogen) atoms. The summed E-state index contributed by atoms with van der Waals surface area (Å²) in [7, 11) is -1.49. The zero-order valence-electron chi connectivity index (χ0n) is 19.8. The summed E-state index contributed by atoms with van der Waals surface area (Å²) in [5.74, 6) is -0.175. The van der Waals surface area contributed by atoms with Crippen molar-refractivity contribution in [2.75, 3.05) is 0 Å². The van der Waals surface area contributed by atoms with E-state index in [-0.39, 0.29) is 18.2 Å². The molecule has 0 spiro atoms. The van der Waals surface area contributed by atoms with E-state index in [2.05, 4.69) is 31.2 Å². The molecular weight excluding hydrogens is 450 g/mol. The minimum atomic E-state index is -1.49. The van der Waals surface area contributed by atoms with Gasteiger partial charge in [-0.25, -0.2) is 4.21 Å². The number of carbonyl (C=O) groups is 1. The van der Waals surface area contributed by atoms with E-state index in [1.165, 1.54) is 0 Å². The normalized spacial score (nSPS) is 13.0. The lowest BCUT2D eigenvalue weighted by molar-refractivity contribution is 0.0893. The van der Waals surface area contributed by atoms with E-state index in [1.807, 2.05) is 91.9 Å². The highest BCUT2D eigenvalue weighted by Gasteiger charge is 2.25. The van der Waals surface area contributed by atoms with E-state index in [0.717, 1.165) is 33.2 Å². The second-order valence-electron chi connectivity index (χ2n) is 8.88. The Labute approximate surface area is 208 Å². The predicted octanol–water partition coefficient (Wildman–Crippen LogP) is 7.29. The topological polar surface area (TPSA) is 39.1 Å². The second-order valence-corrected chi connectivity index (χ2v) is 10.3. The summed E-state index contributed by atoms with van der Waals surface area (Å²) in [6.07, 6.45) is 0.269. The lowest BCUT2D eigenvalue weighted by atomic mass is 9.86. The third-order valence-electron chi connectivity index (χ3n) is 6.50. The van der Waals surface area contributed by atoms with Gasteiger partial charge in [0, 0.05) is 22.6 Å². The highest BCUT2D eigenvalue weighted by molar-refractivity contribution is 7.85. The number of para-hydroxylation sites is 1. The fraction of sp³-hybridized carbons (Fsp3) is 0.129. The summed E-state index contributed by atoms with van der Waals surface area (Å²) >= 11 is 0. The van der Waals surface area contributed by atoms with Crippen molar-refractivity contribution in [3.05, 3.63) is 131 Å². The summed E-state index contributed by atoms with van der Waals surface area (Å²) in [5, 5.41) is 1.42. The number of hydrogen-bond acceptors (Lipinski definition) is 2. The van der Waals surface area contributed by atoms with Crippen molar-refractivity contribution in [2.45, 2.75) is 36.1 Å². The van der Waals surface area contributed by atoms with Crippen molar-refractivity contribution < 1.29 is 9.00 Å². The maximum Gasteiger partial charge on any atom is 0.233 e. The van der Waals surface area contributed by atoms with Crippen LogP contribution in [0.25, 0.3) is 10.9 Å². The Morgan fingerprint density at radius 2 is 1.46 bits per heavy atom. The van der Waals surface area contributed by atoms with E-state index in [0.29, 0.717) is 9.92 Å². The highest BCUT2D eigenvalue weighted by Crippen LogP contribution is 2.33. The minimum absolute atomic E-state index is 0.0706. The number of carbonyl (C=O) groups excluding carboxylic acids is 1. The summed E-state index contributed by atoms with van der Waals surface area (Å²) in [4.78, 5) is 14.7. The molecule has 2 atom stereocenters. The first-order valence-corrected chi connectivity index (χ1v) is 12.9. The average molecular weight is 478 g/mol. The lowest BCUT2D eigenvalue weighted by Crippen LogP contribution is -2.18. The van der Waals surface area contributed by atoms with Gasteiger partial charge in [0.25, 0.3) is 0 Å². The van der Waals surface area contributed by atoms with Gasteiger partial charge < -0.3 is 0 Å². The molecular formula is C31H27NO2S. The van der Waals surface area contributed by atoms with Gasteiger partial charge in [-0.15, -0.1) is 0 Å². The van der Waals surface area contributed by atoms with E-state index in [4.69, 9.17) is 0 Å². The fourth-order valence-corrected chi connectivity index (χ4v) is 5.87. The third kappa shape index (κ3) is 4.62. The Morgan fingerprint density at radius 3 is 2.20 bits per heavy atom. The Balaban J connectivity index is 1.60. The molecule has 0 saturated carbocycles. The van der Waals surface area contributed by atoms with Gasteiger partial charge in [-0.05, 0) is 54.8 Å². The average Bonchev–Trinajstić information content (AvgIpc) is 3.28. The van der Waals surface area contributed by atoms with E-state index in [1.54, 1.807) is 4.57 Å². The summed E-state index contributed by atoms with van der Waals surface area (Å²) in [6.45, 7) is 4.08. The molecule has 0 saturated heterocycles. The van der Waals surface area contributed by atoms with Crippen LogP contribution in [0.5, 0.6) is 0 Å². The van der Waals surface area contributed by atoms with Crippen LogP contribution in [0.15, 0.2) is 119 Å². The molecule has 0 aliphatic heterocycles. The lowest BCUT2D eigenvalue weighted by Gasteiger charge is -2.20. The smallest absolute Gasteiger partial charge is 0.233 e. The molecule has 4 heteroatoms. The van der Waals surface area contributed by atoms with Crippen molar-refractivity contribution >= 4 is 27.6 Å². The van der Waals surface area contributed by atoms with Crippen LogP contribution in [0.1, 0.15) is 39.4 Å². The first kappa shape index (κ1) is 23.0. The Morgan fingerprint density at radius 1 is 0.800 bits per heavy atom. The van der Waals surface area contributed by atoms with Crippen LogP contribution >= 0.6 is 0 Å². The Kier molecular flexibility index (Phi) is 6.47. The number of nitrogens with zero attached hydrogens (tertiary/aromatic N) is 1. The first-order chi connectivity index (χ1) is 17.0. The molecule has 0 unspecified atom stereocenters. The van der Waals surface area contributed by atoms with Gasteiger partial charge in [0.05, 0.1) is 5.52 Å². The molecule has 3 nitrogen and oxygen atoms in total. The van der Waals surface area contributed by atoms with E-state index in [9.17, 15) is 9.00 Å². The van der Waals surface area contributed by atoms with E-state index < -0.39 is 10.8 Å². The number of aryl methyl sites for hydroxylation is 2. The van der Waals surface area contributed by atoms with Gasteiger partial charge in [0.2, 0.25) is 5.91 Å². The molecule has 0 N–H and O–H groups in total. The van der Waals surface area contributed by atoms with Crippen LogP contribution in [0.4, 0.5) is 0 Å². The molecule has 0 radical (unpaired) electrons. The number of rotatable bonds is 6. The molecule has 5 rings (SSSR count). The molecule has 0 fully saturated rings. The summed E-state index contributed by atoms with van der Waals surface area (Å²) in [6, 6.07) is 35.6. The van der Waals surface area contributed by atoms with Crippen molar-refractivity contribution in [1.82, 2.24) is 4.57 Å². The SMILES string of the molecule is Cc1ccc([S@](=O)c2cc3ccccc3n2C(=O)C[C@H](c2ccccc2)c2ccccc2C)cc1. The number of benzene rings is 4. The van der Waals surface area contributed by atoms with Crippen LogP contribution in [0.3, 0.4) is 0 Å². The van der Waals surface area contributed by atoms with Gasteiger partial charge in [0.15, 0.2) is 0 Å². The minimum Gasteiger partial charge on any atom is -0.274 e. The van der Waals surface area contributed by atoms with Crippen LogP contribution in [-0.2, 0) is 10.8 Å².